The molecule has 1 saturated carbocycles. The third kappa shape index (κ3) is 7.12. The first-order valence-corrected chi connectivity index (χ1v) is 14.9. The first kappa shape index (κ1) is 30.0. The molecular weight excluding hydrogens is 592 g/mol. The van der Waals surface area contributed by atoms with Crippen LogP contribution >= 0.6 is 22.9 Å². The molecule has 4 aromatic rings. The van der Waals surface area contributed by atoms with Crippen LogP contribution in [0.1, 0.15) is 49.7 Å². The standard InChI is InChI=1S/C31H29ClN4O6S/c1-36(16-19-14-27(37)34-23-10-7-20(32)15-22(19)23)30(40)24(35-29(39)25-11-12-26(43-25)31(41)42)13-17-5-8-21(9-6-17)33-28(38)18-3-2-4-18/h5-12,14-15,18,24H,2-4,13,16H2,1H3,(H,33,38)(H,34,37)(H,35,39)(H,41,42)/t24-/m0/s1. The SMILES string of the molecule is CN(Cc1cc(=O)[nH]c2ccc(Cl)cc12)C(=O)[C@H](Cc1ccc(NC(=O)C2CCC2)cc1)NC(=O)c1ccc(C(=O)O)s1. The number of H-pyrrole nitrogens is 1. The molecule has 0 spiro atoms. The van der Waals surface area contributed by atoms with Crippen molar-refractivity contribution in [3.05, 3.63) is 96.9 Å². The number of likely N-dealkylation sites (N-methyl/N-ethyl adjacent to an activating group) is 1. The lowest BCUT2D eigenvalue weighted by Gasteiger charge is -2.25. The summed E-state index contributed by atoms with van der Waals surface area (Å²) >= 11 is 7.01. The van der Waals surface area contributed by atoms with Crippen molar-refractivity contribution in [3.8, 4) is 0 Å². The number of amides is 3. The number of hydrogen-bond donors (Lipinski definition) is 4. The van der Waals surface area contributed by atoms with Crippen molar-refractivity contribution in [1.29, 1.82) is 0 Å². The number of fused-ring (bicyclic) bond motifs is 1. The molecule has 2 aromatic carbocycles. The van der Waals surface area contributed by atoms with Crippen molar-refractivity contribution in [3.63, 3.8) is 0 Å². The highest BCUT2D eigenvalue weighted by molar-refractivity contribution is 7.15. The predicted molar refractivity (Wildman–Crippen MR) is 165 cm³/mol. The summed E-state index contributed by atoms with van der Waals surface area (Å²) < 4.78 is 0. The third-order valence-corrected chi connectivity index (χ3v) is 8.76. The number of carbonyl (C=O) groups is 4. The zero-order chi connectivity index (χ0) is 30.7. The first-order chi connectivity index (χ1) is 20.6. The summed E-state index contributed by atoms with van der Waals surface area (Å²) in [5.41, 5.74) is 2.21. The van der Waals surface area contributed by atoms with Gasteiger partial charge in [-0.25, -0.2) is 4.79 Å². The lowest BCUT2D eigenvalue weighted by Crippen LogP contribution is -2.48. The van der Waals surface area contributed by atoms with Crippen LogP contribution in [0, 0.1) is 5.92 Å². The number of rotatable bonds is 10. The number of carboxylic acid groups (broad SMARTS) is 1. The lowest BCUT2D eigenvalue weighted by atomic mass is 9.85. The molecule has 1 aliphatic rings. The van der Waals surface area contributed by atoms with Crippen LogP contribution in [0.3, 0.4) is 0 Å². The molecule has 43 heavy (non-hydrogen) atoms. The van der Waals surface area contributed by atoms with Crippen molar-refractivity contribution in [2.75, 3.05) is 12.4 Å². The fraction of sp³-hybridized carbons (Fsp3) is 0.258. The molecule has 10 nitrogen and oxygen atoms in total. The van der Waals surface area contributed by atoms with E-state index in [0.29, 0.717) is 27.2 Å². The fourth-order valence-corrected chi connectivity index (χ4v) is 5.83. The molecule has 5 rings (SSSR count). The Bertz CT molecular complexity index is 1760. The summed E-state index contributed by atoms with van der Waals surface area (Å²) in [6.45, 7) is 0.0697. The molecule has 0 aliphatic heterocycles. The fourth-order valence-electron chi connectivity index (χ4n) is 4.91. The van der Waals surface area contributed by atoms with Gasteiger partial charge < -0.3 is 25.6 Å². The minimum absolute atomic E-state index is 0.00418. The molecule has 222 valence electrons. The molecule has 4 N–H and O–H groups in total. The number of carboxylic acids is 1. The minimum Gasteiger partial charge on any atom is -0.477 e. The zero-order valence-corrected chi connectivity index (χ0v) is 24.8. The second-order valence-electron chi connectivity index (χ2n) is 10.6. The smallest absolute Gasteiger partial charge is 0.345 e. The van der Waals surface area contributed by atoms with E-state index in [-0.39, 0.29) is 40.1 Å². The van der Waals surface area contributed by atoms with E-state index in [1.165, 1.54) is 23.1 Å². The Hall–Kier alpha value is -4.48. The highest BCUT2D eigenvalue weighted by Gasteiger charge is 2.27. The van der Waals surface area contributed by atoms with Gasteiger partial charge in [0.15, 0.2) is 0 Å². The van der Waals surface area contributed by atoms with Crippen LogP contribution in [-0.2, 0) is 22.6 Å². The van der Waals surface area contributed by atoms with E-state index in [0.717, 1.165) is 36.2 Å². The van der Waals surface area contributed by atoms with Crippen LogP contribution in [0.2, 0.25) is 5.02 Å². The van der Waals surface area contributed by atoms with Crippen molar-refractivity contribution in [2.24, 2.45) is 5.92 Å². The average Bonchev–Trinajstić information content (AvgIpc) is 3.44. The number of aromatic amines is 1. The normalized spacial score (nSPS) is 13.6. The van der Waals surface area contributed by atoms with Gasteiger partial charge in [-0.2, -0.15) is 0 Å². The van der Waals surface area contributed by atoms with Crippen molar-refractivity contribution >= 4 is 63.2 Å². The van der Waals surface area contributed by atoms with Gasteiger partial charge in [0.2, 0.25) is 17.4 Å². The van der Waals surface area contributed by atoms with Crippen LogP contribution in [-0.4, -0.2) is 51.8 Å². The van der Waals surface area contributed by atoms with Gasteiger partial charge in [0.05, 0.1) is 4.88 Å². The molecule has 0 unspecified atom stereocenters. The number of carbonyl (C=O) groups excluding carboxylic acids is 3. The molecule has 1 aliphatic carbocycles. The van der Waals surface area contributed by atoms with Crippen molar-refractivity contribution < 1.29 is 24.3 Å². The van der Waals surface area contributed by atoms with E-state index < -0.39 is 23.8 Å². The summed E-state index contributed by atoms with van der Waals surface area (Å²) in [6.07, 6.45) is 2.96. The largest absolute Gasteiger partial charge is 0.477 e. The van der Waals surface area contributed by atoms with E-state index in [9.17, 15) is 29.1 Å². The van der Waals surface area contributed by atoms with Gasteiger partial charge in [0.25, 0.3) is 5.91 Å². The van der Waals surface area contributed by atoms with Crippen LogP contribution in [0.4, 0.5) is 5.69 Å². The number of nitrogens with one attached hydrogen (secondary N) is 3. The van der Waals surface area contributed by atoms with E-state index in [2.05, 4.69) is 15.6 Å². The Morgan fingerprint density at radius 1 is 1.05 bits per heavy atom. The summed E-state index contributed by atoms with van der Waals surface area (Å²) in [5.74, 6) is -2.11. The summed E-state index contributed by atoms with van der Waals surface area (Å²) in [4.78, 5) is 67.2. The van der Waals surface area contributed by atoms with Crippen molar-refractivity contribution in [1.82, 2.24) is 15.2 Å². The summed E-state index contributed by atoms with van der Waals surface area (Å²) in [6, 6.07) is 15.3. The van der Waals surface area contributed by atoms with Gasteiger partial charge in [0, 0.05) is 53.6 Å². The zero-order valence-electron chi connectivity index (χ0n) is 23.2. The Labute approximate surface area is 255 Å². The number of thiophene rings is 1. The van der Waals surface area contributed by atoms with E-state index in [1.807, 2.05) is 0 Å². The van der Waals surface area contributed by atoms with Crippen LogP contribution in [0.25, 0.3) is 10.9 Å². The number of aromatic nitrogens is 1. The third-order valence-electron chi connectivity index (χ3n) is 7.46. The van der Waals surface area contributed by atoms with Gasteiger partial charge >= 0.3 is 5.97 Å². The second-order valence-corrected chi connectivity index (χ2v) is 12.1. The number of benzene rings is 2. The van der Waals surface area contributed by atoms with E-state index in [1.54, 1.807) is 49.5 Å². The van der Waals surface area contributed by atoms with Gasteiger partial charge in [-0.15, -0.1) is 11.3 Å². The highest BCUT2D eigenvalue weighted by Crippen LogP contribution is 2.28. The molecule has 2 aromatic heterocycles. The molecule has 0 saturated heterocycles. The molecule has 12 heteroatoms. The number of aromatic carboxylic acids is 1. The van der Waals surface area contributed by atoms with Crippen LogP contribution in [0.5, 0.6) is 0 Å². The van der Waals surface area contributed by atoms with Crippen molar-refractivity contribution in [2.45, 2.75) is 38.3 Å². The molecule has 0 radical (unpaired) electrons. The van der Waals surface area contributed by atoms with Crippen LogP contribution < -0.4 is 16.2 Å². The predicted octanol–water partition coefficient (Wildman–Crippen LogP) is 4.68. The number of halogens is 1. The quantitative estimate of drug-likeness (QED) is 0.202. The average molecular weight is 621 g/mol. The molecule has 3 amide bonds. The van der Waals surface area contributed by atoms with E-state index in [4.69, 9.17) is 11.6 Å². The highest BCUT2D eigenvalue weighted by atomic mass is 35.5. The van der Waals surface area contributed by atoms with Gasteiger partial charge in [-0.05, 0) is 66.4 Å². The topological polar surface area (TPSA) is 149 Å². The molecule has 0 bridgehead atoms. The van der Waals surface area contributed by atoms with E-state index >= 15 is 0 Å². The lowest BCUT2D eigenvalue weighted by molar-refractivity contribution is -0.132. The maximum Gasteiger partial charge on any atom is 0.345 e. The first-order valence-electron chi connectivity index (χ1n) is 13.7. The molecule has 1 fully saturated rings. The number of hydrogen-bond acceptors (Lipinski definition) is 6. The Morgan fingerprint density at radius 3 is 2.42 bits per heavy atom. The minimum atomic E-state index is -1.15. The van der Waals surface area contributed by atoms with Gasteiger partial charge in [0.1, 0.15) is 10.9 Å². The Kier molecular flexibility index (Phi) is 8.93. The maximum absolute atomic E-state index is 13.8. The maximum atomic E-state index is 13.8. The molecule has 1 atom stereocenters. The number of nitrogens with zero attached hydrogens (tertiary/aromatic N) is 1. The molecule has 2 heterocycles. The summed E-state index contributed by atoms with van der Waals surface area (Å²) in [7, 11) is 1.58. The molecular formula is C31H29ClN4O6S. The van der Waals surface area contributed by atoms with Gasteiger partial charge in [-0.3, -0.25) is 19.2 Å². The Balaban J connectivity index is 1.37. The monoisotopic (exact) mass is 620 g/mol. The number of anilines is 1. The second kappa shape index (κ2) is 12.8. The van der Waals surface area contributed by atoms with Gasteiger partial charge in [-0.1, -0.05) is 30.2 Å². The number of pyridine rings is 1. The van der Waals surface area contributed by atoms with Crippen LogP contribution in [0.15, 0.2) is 65.5 Å². The summed E-state index contributed by atoms with van der Waals surface area (Å²) in [5, 5.41) is 16.1. The Morgan fingerprint density at radius 2 is 1.77 bits per heavy atom.